The average molecular weight is 575 g/mol. The monoisotopic (exact) mass is 574 g/mol. The topological polar surface area (TPSA) is 188 Å². The summed E-state index contributed by atoms with van der Waals surface area (Å²) in [7, 11) is -5.35. The highest BCUT2D eigenvalue weighted by molar-refractivity contribution is 7.92. The molecule has 1 aliphatic rings. The number of carbonyl (C=O) groups excluding carboxylic acids is 4. The van der Waals surface area contributed by atoms with Crippen molar-refractivity contribution in [3.63, 3.8) is 0 Å². The van der Waals surface area contributed by atoms with Gasteiger partial charge in [0.1, 0.15) is 32.8 Å². The summed E-state index contributed by atoms with van der Waals surface area (Å²) in [6, 6.07) is -1.80. The maximum atomic E-state index is 11.5. The zero-order valence-electron chi connectivity index (χ0n) is 22.0. The van der Waals surface area contributed by atoms with Crippen LogP contribution in [0.25, 0.3) is 0 Å². The Kier molecular flexibility index (Phi) is 14.4. The Morgan fingerprint density at radius 1 is 1.03 bits per heavy atom. The van der Waals surface area contributed by atoms with E-state index in [0.29, 0.717) is 0 Å². The smallest absolute Gasteiger partial charge is 0.408 e. The normalized spacial score (nSPS) is 18.1. The van der Waals surface area contributed by atoms with Gasteiger partial charge in [-0.2, -0.15) is 0 Å². The molecule has 0 saturated carbocycles. The third kappa shape index (κ3) is 18.5. The van der Waals surface area contributed by atoms with E-state index in [2.05, 4.69) is 15.4 Å². The zero-order chi connectivity index (χ0) is 28.5. The number of amides is 2. The number of carbonyl (C=O) groups is 4. The molecule has 1 heterocycles. The maximum absolute atomic E-state index is 11.5. The molecule has 2 N–H and O–H groups in total. The number of esters is 1. The summed E-state index contributed by atoms with van der Waals surface area (Å²) in [6.07, 6.45) is -0.397. The van der Waals surface area contributed by atoms with Gasteiger partial charge in [-0.1, -0.05) is 7.43 Å². The van der Waals surface area contributed by atoms with E-state index in [4.69, 9.17) is 9.47 Å². The van der Waals surface area contributed by atoms with Crippen molar-refractivity contribution < 1.29 is 50.2 Å². The number of hydrogen-bond donors (Lipinski definition) is 2. The first-order chi connectivity index (χ1) is 16.0. The van der Waals surface area contributed by atoms with Crippen molar-refractivity contribution in [1.29, 1.82) is 0 Å². The number of hydrogen-bond acceptors (Lipinski definition) is 11. The number of Topliss-reactive ketones (excluding diaryl/α,β-unsaturated/α-hetero) is 1. The van der Waals surface area contributed by atoms with Crippen LogP contribution >= 0.6 is 0 Å². The summed E-state index contributed by atoms with van der Waals surface area (Å²) in [5, 5.41) is 4.68. The minimum absolute atomic E-state index is 0. The van der Waals surface area contributed by atoms with Gasteiger partial charge >= 0.3 is 18.2 Å². The molecular weight excluding hydrogens is 532 g/mol. The SMILES string of the molecule is C.CC(C)(C)OC(=O)NC1CCS(=O)(=O)CC1=O.COC(=O)[C@H](CCS(C)(=O)=O)NC(=O)OC(C)(C)C. The quantitative estimate of drug-likeness (QED) is 0.344. The highest BCUT2D eigenvalue weighted by Gasteiger charge is 2.33. The summed E-state index contributed by atoms with van der Waals surface area (Å²) in [5.41, 5.74) is -1.35. The molecule has 0 radical (unpaired) electrons. The summed E-state index contributed by atoms with van der Waals surface area (Å²) >= 11 is 0. The van der Waals surface area contributed by atoms with Gasteiger partial charge in [-0.15, -0.1) is 0 Å². The summed E-state index contributed by atoms with van der Waals surface area (Å²) < 4.78 is 58.9. The van der Waals surface area contributed by atoms with Crippen LogP contribution in [0.15, 0.2) is 0 Å². The van der Waals surface area contributed by atoms with E-state index in [-0.39, 0.29) is 31.8 Å². The lowest BCUT2D eigenvalue weighted by Gasteiger charge is -2.25. The van der Waals surface area contributed by atoms with E-state index < -0.39 is 72.7 Å². The van der Waals surface area contributed by atoms with Crippen molar-refractivity contribution in [2.45, 2.75) is 85.1 Å². The number of rotatable bonds is 6. The predicted molar refractivity (Wildman–Crippen MR) is 138 cm³/mol. The summed E-state index contributed by atoms with van der Waals surface area (Å²) in [4.78, 5) is 45.8. The molecule has 0 aromatic heterocycles. The molecule has 15 heteroatoms. The zero-order valence-corrected chi connectivity index (χ0v) is 23.6. The second-order valence-corrected chi connectivity index (χ2v) is 14.6. The van der Waals surface area contributed by atoms with Crippen LogP contribution in [0.4, 0.5) is 9.59 Å². The summed E-state index contributed by atoms with van der Waals surface area (Å²) in [6.45, 7) is 10.2. The molecule has 1 aliphatic heterocycles. The van der Waals surface area contributed by atoms with Crippen molar-refractivity contribution in [3.8, 4) is 0 Å². The molecule has 1 fully saturated rings. The Hall–Kier alpha value is -2.42. The number of alkyl carbamates (subject to hydrolysis) is 2. The molecule has 0 aliphatic carbocycles. The molecular formula is C22H42N2O11S2. The van der Waals surface area contributed by atoms with Crippen molar-refractivity contribution in [3.05, 3.63) is 0 Å². The van der Waals surface area contributed by atoms with Gasteiger partial charge in [0, 0.05) is 6.26 Å². The van der Waals surface area contributed by atoms with Gasteiger partial charge < -0.3 is 24.8 Å². The van der Waals surface area contributed by atoms with Crippen LogP contribution < -0.4 is 10.6 Å². The Balaban J connectivity index is 0. The van der Waals surface area contributed by atoms with Crippen LogP contribution in [0, 0.1) is 0 Å². The predicted octanol–water partition coefficient (Wildman–Crippen LogP) is 1.39. The van der Waals surface area contributed by atoms with E-state index in [1.807, 2.05) is 0 Å². The third-order valence-electron chi connectivity index (χ3n) is 4.11. The number of methoxy groups -OCH3 is 1. The van der Waals surface area contributed by atoms with Crippen molar-refractivity contribution in [1.82, 2.24) is 10.6 Å². The van der Waals surface area contributed by atoms with Crippen molar-refractivity contribution >= 4 is 43.6 Å². The Morgan fingerprint density at radius 3 is 1.92 bits per heavy atom. The second kappa shape index (κ2) is 14.5. The van der Waals surface area contributed by atoms with Crippen LogP contribution in [-0.4, -0.2) is 94.7 Å². The van der Waals surface area contributed by atoms with E-state index in [1.54, 1.807) is 41.5 Å². The Morgan fingerprint density at radius 2 is 1.51 bits per heavy atom. The number of ketones is 1. The molecule has 1 saturated heterocycles. The van der Waals surface area contributed by atoms with Gasteiger partial charge in [0.2, 0.25) is 0 Å². The van der Waals surface area contributed by atoms with Gasteiger partial charge in [-0.05, 0) is 54.4 Å². The number of sulfone groups is 2. The minimum atomic E-state index is -3.28. The molecule has 2 atom stereocenters. The lowest BCUT2D eigenvalue weighted by atomic mass is 10.1. The van der Waals surface area contributed by atoms with Crippen LogP contribution in [-0.2, 0) is 43.5 Å². The highest BCUT2D eigenvalue weighted by Crippen LogP contribution is 2.12. The average Bonchev–Trinajstić information content (AvgIpc) is 2.63. The molecule has 1 rings (SSSR count). The molecule has 1 unspecified atom stereocenters. The van der Waals surface area contributed by atoms with Gasteiger partial charge in [-0.3, -0.25) is 4.79 Å². The molecule has 218 valence electrons. The van der Waals surface area contributed by atoms with Crippen LogP contribution in [0.3, 0.4) is 0 Å². The fourth-order valence-electron chi connectivity index (χ4n) is 2.62. The van der Waals surface area contributed by atoms with E-state index in [9.17, 15) is 36.0 Å². The van der Waals surface area contributed by atoms with Crippen LogP contribution in [0.2, 0.25) is 0 Å². The summed E-state index contributed by atoms with van der Waals surface area (Å²) in [5.74, 6) is -2.02. The molecule has 0 aromatic rings. The molecule has 2 amide bonds. The van der Waals surface area contributed by atoms with E-state index in [1.165, 1.54) is 0 Å². The fraction of sp³-hybridized carbons (Fsp3) is 0.818. The Bertz CT molecular complexity index is 1010. The molecule has 13 nitrogen and oxygen atoms in total. The first-order valence-electron chi connectivity index (χ1n) is 11.0. The van der Waals surface area contributed by atoms with Crippen LogP contribution in [0.1, 0.15) is 61.8 Å². The lowest BCUT2D eigenvalue weighted by molar-refractivity contribution is -0.143. The fourth-order valence-corrected chi connectivity index (χ4v) is 4.66. The van der Waals surface area contributed by atoms with Gasteiger partial charge in [0.05, 0.1) is 24.7 Å². The van der Waals surface area contributed by atoms with Gasteiger partial charge in [0.25, 0.3) is 0 Å². The van der Waals surface area contributed by atoms with Gasteiger partial charge in [-0.25, -0.2) is 31.2 Å². The Labute approximate surface area is 220 Å². The van der Waals surface area contributed by atoms with E-state index in [0.717, 1.165) is 13.4 Å². The molecule has 0 bridgehead atoms. The van der Waals surface area contributed by atoms with Crippen molar-refractivity contribution in [2.24, 2.45) is 0 Å². The standard InChI is InChI=1S/C11H21NO6S.C10H17NO5S.CH4/c1-11(2,3)18-10(14)12-8(9(13)17-4)6-7-19(5,15)16;1-10(2,3)16-9(13)11-7-4-5-17(14,15)6-8(7)12;/h8H,6-7H2,1-5H3,(H,12,14);7H,4-6H2,1-3H3,(H,11,13);1H4/t8-;;/m0../s1. The number of ether oxygens (including phenoxy) is 3. The molecule has 0 aromatic carbocycles. The second-order valence-electron chi connectivity index (χ2n) is 10.2. The minimum Gasteiger partial charge on any atom is -0.467 e. The first kappa shape index (κ1) is 36.7. The van der Waals surface area contributed by atoms with Crippen molar-refractivity contribution in [2.75, 3.05) is 30.6 Å². The number of nitrogens with one attached hydrogen (secondary N) is 2. The lowest BCUT2D eigenvalue weighted by Crippen LogP contribution is -2.49. The third-order valence-corrected chi connectivity index (χ3v) is 6.67. The van der Waals surface area contributed by atoms with E-state index >= 15 is 0 Å². The first-order valence-corrected chi connectivity index (χ1v) is 14.9. The van der Waals surface area contributed by atoms with Gasteiger partial charge in [0.15, 0.2) is 15.6 Å². The highest BCUT2D eigenvalue weighted by atomic mass is 32.2. The largest absolute Gasteiger partial charge is 0.467 e. The van der Waals surface area contributed by atoms with Crippen LogP contribution in [0.5, 0.6) is 0 Å². The molecule has 0 spiro atoms. The molecule has 37 heavy (non-hydrogen) atoms. The maximum Gasteiger partial charge on any atom is 0.408 e.